The molecule has 0 aliphatic carbocycles. The second-order valence-corrected chi connectivity index (χ2v) is 5.45. The van der Waals surface area contributed by atoms with Crippen LogP contribution in [-0.4, -0.2) is 43.0 Å². The van der Waals surface area contributed by atoms with Crippen molar-refractivity contribution >= 4 is 29.2 Å². The summed E-state index contributed by atoms with van der Waals surface area (Å²) in [6.45, 7) is 2.73. The second kappa shape index (κ2) is 7.31. The fourth-order valence-corrected chi connectivity index (χ4v) is 2.70. The van der Waals surface area contributed by atoms with E-state index in [1.165, 1.54) is 0 Å². The van der Waals surface area contributed by atoms with E-state index in [4.69, 9.17) is 11.6 Å². The Bertz CT molecular complexity index is 513. The first-order valence-corrected chi connectivity index (χ1v) is 7.43. The van der Waals surface area contributed by atoms with Crippen LogP contribution in [0.1, 0.15) is 19.3 Å². The zero-order valence-electron chi connectivity index (χ0n) is 11.8. The van der Waals surface area contributed by atoms with Crippen LogP contribution in [0.25, 0.3) is 0 Å². The summed E-state index contributed by atoms with van der Waals surface area (Å²) in [4.78, 5) is 26.2. The van der Waals surface area contributed by atoms with Crippen LogP contribution >= 0.6 is 11.6 Å². The lowest BCUT2D eigenvalue weighted by Crippen LogP contribution is -2.48. The van der Waals surface area contributed by atoms with Gasteiger partial charge in [0.15, 0.2) is 0 Å². The molecule has 0 aromatic heterocycles. The smallest absolute Gasteiger partial charge is 0.222 e. The zero-order chi connectivity index (χ0) is 15.2. The molecule has 1 fully saturated rings. The highest BCUT2D eigenvalue weighted by Crippen LogP contribution is 2.26. The van der Waals surface area contributed by atoms with Gasteiger partial charge in [-0.05, 0) is 25.0 Å². The molecule has 0 saturated carbocycles. The van der Waals surface area contributed by atoms with Gasteiger partial charge in [0, 0.05) is 38.6 Å². The molecule has 6 heteroatoms. The molecular weight excluding hydrogens is 292 g/mol. The molecule has 21 heavy (non-hydrogen) atoms. The number of carboxylic acid groups (broad SMARTS) is 1. The minimum Gasteiger partial charge on any atom is -0.550 e. The van der Waals surface area contributed by atoms with Crippen LogP contribution in [0.15, 0.2) is 24.3 Å². The quantitative estimate of drug-likeness (QED) is 0.811. The summed E-state index contributed by atoms with van der Waals surface area (Å²) >= 11 is 6.17. The standard InChI is InChI=1S/C15H19ClN2O3/c16-12-4-1-2-5-13(12)17-8-10-18(11-9-17)14(19)6-3-7-15(20)21/h1-2,4-5H,3,6-11H2,(H,20,21)/p-1. The highest BCUT2D eigenvalue weighted by Gasteiger charge is 2.21. The van der Waals surface area contributed by atoms with Crippen molar-refractivity contribution in [2.75, 3.05) is 31.1 Å². The summed E-state index contributed by atoms with van der Waals surface area (Å²) < 4.78 is 0. The molecule has 0 unspecified atom stereocenters. The number of benzene rings is 1. The average Bonchev–Trinajstić information content (AvgIpc) is 2.47. The number of carbonyl (C=O) groups is 2. The van der Waals surface area contributed by atoms with Crippen molar-refractivity contribution in [2.24, 2.45) is 0 Å². The van der Waals surface area contributed by atoms with Gasteiger partial charge >= 0.3 is 0 Å². The Morgan fingerprint density at radius 2 is 1.76 bits per heavy atom. The van der Waals surface area contributed by atoms with Crippen molar-refractivity contribution in [1.82, 2.24) is 4.90 Å². The molecule has 0 atom stereocenters. The normalized spacial score (nSPS) is 15.1. The number of carboxylic acids is 1. The molecule has 5 nitrogen and oxygen atoms in total. The Balaban J connectivity index is 1.82. The van der Waals surface area contributed by atoms with Crippen LogP contribution in [0.3, 0.4) is 0 Å². The SMILES string of the molecule is O=C([O-])CCCC(=O)N1CCN(c2ccccc2Cl)CC1. The Morgan fingerprint density at radius 1 is 1.10 bits per heavy atom. The van der Waals surface area contributed by atoms with Gasteiger partial charge in [0.2, 0.25) is 5.91 Å². The third-order valence-corrected chi connectivity index (χ3v) is 3.92. The Kier molecular flexibility index (Phi) is 5.44. The van der Waals surface area contributed by atoms with Gasteiger partial charge in [-0.1, -0.05) is 23.7 Å². The number of carbonyl (C=O) groups excluding carboxylic acids is 2. The fraction of sp³-hybridized carbons (Fsp3) is 0.467. The molecule has 0 spiro atoms. The minimum absolute atomic E-state index is 0.00931. The molecule has 1 aliphatic heterocycles. The van der Waals surface area contributed by atoms with E-state index < -0.39 is 5.97 Å². The number of nitrogens with zero attached hydrogens (tertiary/aromatic N) is 2. The Hall–Kier alpha value is -1.75. The summed E-state index contributed by atoms with van der Waals surface area (Å²) in [5.74, 6) is -1.10. The van der Waals surface area contributed by atoms with Crippen LogP contribution in [0.2, 0.25) is 5.02 Å². The summed E-state index contributed by atoms with van der Waals surface area (Å²) in [6.07, 6.45) is 0.539. The molecule has 1 amide bonds. The maximum absolute atomic E-state index is 12.0. The maximum atomic E-state index is 12.0. The van der Waals surface area contributed by atoms with Gasteiger partial charge in [-0.2, -0.15) is 0 Å². The summed E-state index contributed by atoms with van der Waals surface area (Å²) in [5, 5.41) is 11.0. The van der Waals surface area contributed by atoms with Crippen LogP contribution in [-0.2, 0) is 9.59 Å². The first kappa shape index (κ1) is 15.6. The fourth-order valence-electron chi connectivity index (χ4n) is 2.45. The molecular formula is C15H18ClN2O3-. The van der Waals surface area contributed by atoms with Crippen molar-refractivity contribution in [3.63, 3.8) is 0 Å². The third kappa shape index (κ3) is 4.36. The molecule has 1 aliphatic rings. The molecule has 114 valence electrons. The second-order valence-electron chi connectivity index (χ2n) is 5.04. The van der Waals surface area contributed by atoms with Gasteiger partial charge in [0.25, 0.3) is 0 Å². The summed E-state index contributed by atoms with van der Waals surface area (Å²) in [7, 11) is 0. The van der Waals surface area contributed by atoms with Crippen molar-refractivity contribution in [1.29, 1.82) is 0 Å². The van der Waals surface area contributed by atoms with Crippen molar-refractivity contribution in [2.45, 2.75) is 19.3 Å². The zero-order valence-corrected chi connectivity index (χ0v) is 12.5. The van der Waals surface area contributed by atoms with Crippen LogP contribution in [0.5, 0.6) is 0 Å². The van der Waals surface area contributed by atoms with Gasteiger partial charge in [-0.3, -0.25) is 4.79 Å². The van der Waals surface area contributed by atoms with E-state index >= 15 is 0 Å². The average molecular weight is 310 g/mol. The van der Waals surface area contributed by atoms with E-state index in [0.29, 0.717) is 24.5 Å². The topological polar surface area (TPSA) is 63.7 Å². The van der Waals surface area contributed by atoms with E-state index in [1.807, 2.05) is 24.3 Å². The number of para-hydroxylation sites is 1. The molecule has 1 heterocycles. The number of aliphatic carboxylic acids is 1. The van der Waals surface area contributed by atoms with Gasteiger partial charge in [0.1, 0.15) is 0 Å². The lowest BCUT2D eigenvalue weighted by molar-refractivity contribution is -0.305. The van der Waals surface area contributed by atoms with Crippen LogP contribution < -0.4 is 10.0 Å². The molecule has 0 bridgehead atoms. The van der Waals surface area contributed by atoms with Crippen molar-refractivity contribution in [3.05, 3.63) is 29.3 Å². The monoisotopic (exact) mass is 309 g/mol. The Morgan fingerprint density at radius 3 is 2.38 bits per heavy atom. The molecule has 1 aromatic rings. The number of halogens is 1. The number of rotatable bonds is 5. The Labute approximate surface area is 129 Å². The van der Waals surface area contributed by atoms with Gasteiger partial charge in [-0.15, -0.1) is 0 Å². The van der Waals surface area contributed by atoms with E-state index in [-0.39, 0.29) is 18.7 Å². The van der Waals surface area contributed by atoms with E-state index in [9.17, 15) is 14.7 Å². The van der Waals surface area contributed by atoms with Crippen LogP contribution in [0.4, 0.5) is 5.69 Å². The molecule has 1 saturated heterocycles. The minimum atomic E-state index is -1.11. The number of amides is 1. The van der Waals surface area contributed by atoms with E-state index in [0.717, 1.165) is 18.8 Å². The van der Waals surface area contributed by atoms with Gasteiger partial charge in [-0.25, -0.2) is 0 Å². The van der Waals surface area contributed by atoms with Crippen LogP contribution in [0, 0.1) is 0 Å². The molecule has 1 aromatic carbocycles. The largest absolute Gasteiger partial charge is 0.550 e. The van der Waals surface area contributed by atoms with E-state index in [1.54, 1.807) is 4.90 Å². The summed E-state index contributed by atoms with van der Waals surface area (Å²) in [6, 6.07) is 7.66. The third-order valence-electron chi connectivity index (χ3n) is 3.60. The maximum Gasteiger partial charge on any atom is 0.222 e. The van der Waals surface area contributed by atoms with Crippen molar-refractivity contribution in [3.8, 4) is 0 Å². The lowest BCUT2D eigenvalue weighted by atomic mass is 10.2. The summed E-state index contributed by atoms with van der Waals surface area (Å²) in [5.41, 5.74) is 0.989. The first-order valence-electron chi connectivity index (χ1n) is 7.05. The number of piperazine rings is 1. The number of hydrogen-bond acceptors (Lipinski definition) is 4. The number of hydrogen-bond donors (Lipinski definition) is 0. The van der Waals surface area contributed by atoms with E-state index in [2.05, 4.69) is 4.90 Å². The lowest BCUT2D eigenvalue weighted by Gasteiger charge is -2.36. The molecule has 2 rings (SSSR count). The highest BCUT2D eigenvalue weighted by atomic mass is 35.5. The van der Waals surface area contributed by atoms with Gasteiger partial charge in [0.05, 0.1) is 10.7 Å². The molecule has 0 N–H and O–H groups in total. The predicted molar refractivity (Wildman–Crippen MR) is 79.1 cm³/mol. The molecule has 0 radical (unpaired) electrons. The predicted octanol–water partition coefficient (Wildman–Crippen LogP) is 0.909. The number of anilines is 1. The first-order chi connectivity index (χ1) is 10.1. The highest BCUT2D eigenvalue weighted by molar-refractivity contribution is 6.33. The van der Waals surface area contributed by atoms with Crippen molar-refractivity contribution < 1.29 is 14.7 Å². The van der Waals surface area contributed by atoms with Gasteiger partial charge < -0.3 is 19.7 Å².